The van der Waals surface area contributed by atoms with Gasteiger partial charge in [-0.1, -0.05) is 19.9 Å². The van der Waals surface area contributed by atoms with E-state index < -0.39 is 0 Å². The maximum atomic E-state index is 4.37. The molecule has 0 aromatic carbocycles. The Labute approximate surface area is 92.5 Å². The standard InChI is InChI=1S/C12H21N3/c1-10(2)13-8-9-15(4)12-11(3)6-5-7-14-12/h5-7,10,13H,8-9H2,1-4H3. The molecule has 1 aromatic heterocycles. The minimum Gasteiger partial charge on any atom is -0.358 e. The molecular weight excluding hydrogens is 186 g/mol. The second kappa shape index (κ2) is 5.71. The highest BCUT2D eigenvalue weighted by molar-refractivity contribution is 5.44. The Morgan fingerprint density at radius 2 is 2.20 bits per heavy atom. The zero-order valence-electron chi connectivity index (χ0n) is 10.1. The summed E-state index contributed by atoms with van der Waals surface area (Å²) in [6.07, 6.45) is 1.84. The van der Waals surface area contributed by atoms with Crippen molar-refractivity contribution in [3.63, 3.8) is 0 Å². The van der Waals surface area contributed by atoms with Crippen LogP contribution in [0.15, 0.2) is 18.3 Å². The van der Waals surface area contributed by atoms with Gasteiger partial charge in [0, 0.05) is 32.4 Å². The second-order valence-electron chi connectivity index (χ2n) is 4.17. The van der Waals surface area contributed by atoms with Crippen LogP contribution in [-0.4, -0.2) is 31.2 Å². The first-order valence-electron chi connectivity index (χ1n) is 5.47. The largest absolute Gasteiger partial charge is 0.358 e. The first-order valence-corrected chi connectivity index (χ1v) is 5.47. The van der Waals surface area contributed by atoms with Crippen molar-refractivity contribution >= 4 is 5.82 Å². The Hall–Kier alpha value is -1.09. The number of pyridine rings is 1. The lowest BCUT2D eigenvalue weighted by Crippen LogP contribution is -2.33. The van der Waals surface area contributed by atoms with Crippen LogP contribution >= 0.6 is 0 Å². The summed E-state index contributed by atoms with van der Waals surface area (Å²) in [5.41, 5.74) is 1.23. The van der Waals surface area contributed by atoms with Gasteiger partial charge in [0.1, 0.15) is 5.82 Å². The summed E-state index contributed by atoms with van der Waals surface area (Å²) < 4.78 is 0. The number of hydrogen-bond acceptors (Lipinski definition) is 3. The first kappa shape index (κ1) is 12.0. The lowest BCUT2D eigenvalue weighted by Gasteiger charge is -2.20. The zero-order chi connectivity index (χ0) is 11.3. The Bertz CT molecular complexity index is 297. The normalized spacial score (nSPS) is 10.7. The summed E-state index contributed by atoms with van der Waals surface area (Å²) in [4.78, 5) is 6.56. The molecule has 1 rings (SSSR count). The van der Waals surface area contributed by atoms with Gasteiger partial charge in [0.15, 0.2) is 0 Å². The monoisotopic (exact) mass is 207 g/mol. The van der Waals surface area contributed by atoms with Crippen LogP contribution in [0, 0.1) is 6.92 Å². The van der Waals surface area contributed by atoms with E-state index in [0.29, 0.717) is 6.04 Å². The minimum absolute atomic E-state index is 0.545. The summed E-state index contributed by atoms with van der Waals surface area (Å²) >= 11 is 0. The van der Waals surface area contributed by atoms with Crippen molar-refractivity contribution in [1.29, 1.82) is 0 Å². The Morgan fingerprint density at radius 1 is 1.47 bits per heavy atom. The van der Waals surface area contributed by atoms with Crippen molar-refractivity contribution in [2.24, 2.45) is 0 Å². The second-order valence-corrected chi connectivity index (χ2v) is 4.17. The highest BCUT2D eigenvalue weighted by Gasteiger charge is 2.04. The molecule has 0 fully saturated rings. The molecule has 0 saturated carbocycles. The summed E-state index contributed by atoms with van der Waals surface area (Å²) in [6.45, 7) is 8.38. The van der Waals surface area contributed by atoms with Crippen LogP contribution in [0.5, 0.6) is 0 Å². The van der Waals surface area contributed by atoms with Gasteiger partial charge in [-0.15, -0.1) is 0 Å². The van der Waals surface area contributed by atoms with E-state index in [4.69, 9.17) is 0 Å². The minimum atomic E-state index is 0.545. The molecule has 15 heavy (non-hydrogen) atoms. The van der Waals surface area contributed by atoms with E-state index in [9.17, 15) is 0 Å². The van der Waals surface area contributed by atoms with Crippen molar-refractivity contribution in [1.82, 2.24) is 10.3 Å². The fourth-order valence-electron chi connectivity index (χ4n) is 1.50. The number of anilines is 1. The van der Waals surface area contributed by atoms with Gasteiger partial charge < -0.3 is 10.2 Å². The molecule has 1 heterocycles. The lowest BCUT2D eigenvalue weighted by molar-refractivity contribution is 0.588. The summed E-state index contributed by atoms with van der Waals surface area (Å²) in [5, 5.41) is 3.40. The van der Waals surface area contributed by atoms with Crippen LogP contribution in [0.3, 0.4) is 0 Å². The van der Waals surface area contributed by atoms with Gasteiger partial charge in [-0.2, -0.15) is 0 Å². The van der Waals surface area contributed by atoms with Gasteiger partial charge in [-0.25, -0.2) is 4.98 Å². The van der Waals surface area contributed by atoms with Crippen LogP contribution in [0.25, 0.3) is 0 Å². The van der Waals surface area contributed by atoms with E-state index in [-0.39, 0.29) is 0 Å². The first-order chi connectivity index (χ1) is 7.11. The molecule has 3 nitrogen and oxygen atoms in total. The van der Waals surface area contributed by atoms with Crippen LogP contribution in [-0.2, 0) is 0 Å². The molecule has 0 aliphatic rings. The molecular formula is C12H21N3. The molecule has 84 valence electrons. The van der Waals surface area contributed by atoms with E-state index in [1.54, 1.807) is 0 Å². The molecule has 3 heteroatoms. The van der Waals surface area contributed by atoms with Crippen LogP contribution in [0.4, 0.5) is 5.82 Å². The fourth-order valence-corrected chi connectivity index (χ4v) is 1.50. The number of nitrogens with one attached hydrogen (secondary N) is 1. The zero-order valence-corrected chi connectivity index (χ0v) is 10.1. The topological polar surface area (TPSA) is 28.2 Å². The van der Waals surface area contributed by atoms with Gasteiger partial charge in [0.2, 0.25) is 0 Å². The van der Waals surface area contributed by atoms with Crippen LogP contribution < -0.4 is 10.2 Å². The molecule has 0 unspecified atom stereocenters. The van der Waals surface area contributed by atoms with Gasteiger partial charge in [0.05, 0.1) is 0 Å². The van der Waals surface area contributed by atoms with E-state index in [0.717, 1.165) is 18.9 Å². The molecule has 0 radical (unpaired) electrons. The van der Waals surface area contributed by atoms with Crippen molar-refractivity contribution < 1.29 is 0 Å². The predicted molar refractivity (Wildman–Crippen MR) is 65.4 cm³/mol. The van der Waals surface area contributed by atoms with E-state index in [2.05, 4.69) is 49.1 Å². The summed E-state index contributed by atoms with van der Waals surface area (Å²) in [5.74, 6) is 1.07. The number of aromatic nitrogens is 1. The van der Waals surface area contributed by atoms with Crippen molar-refractivity contribution in [3.05, 3.63) is 23.9 Å². The quantitative estimate of drug-likeness (QED) is 0.798. The van der Waals surface area contributed by atoms with Gasteiger partial charge >= 0.3 is 0 Å². The fraction of sp³-hybridized carbons (Fsp3) is 0.583. The molecule has 0 spiro atoms. The maximum Gasteiger partial charge on any atom is 0.131 e. The molecule has 0 amide bonds. The molecule has 0 atom stereocenters. The number of rotatable bonds is 5. The third kappa shape index (κ3) is 3.88. The van der Waals surface area contributed by atoms with Gasteiger partial charge in [-0.3, -0.25) is 0 Å². The number of aryl methyl sites for hydroxylation is 1. The smallest absolute Gasteiger partial charge is 0.131 e. The number of likely N-dealkylation sites (N-methyl/N-ethyl adjacent to an activating group) is 1. The predicted octanol–water partition coefficient (Wildman–Crippen LogP) is 1.82. The maximum absolute atomic E-state index is 4.37. The van der Waals surface area contributed by atoms with E-state index >= 15 is 0 Å². The van der Waals surface area contributed by atoms with Crippen molar-refractivity contribution in [2.45, 2.75) is 26.8 Å². The third-order valence-corrected chi connectivity index (χ3v) is 2.34. The molecule has 1 N–H and O–H groups in total. The number of hydrogen-bond donors (Lipinski definition) is 1. The highest BCUT2D eigenvalue weighted by atomic mass is 15.2. The van der Waals surface area contributed by atoms with E-state index in [1.165, 1.54) is 5.56 Å². The highest BCUT2D eigenvalue weighted by Crippen LogP contribution is 2.13. The Balaban J connectivity index is 2.47. The van der Waals surface area contributed by atoms with Crippen LogP contribution in [0.1, 0.15) is 19.4 Å². The summed E-state index contributed by atoms with van der Waals surface area (Å²) in [6, 6.07) is 4.61. The van der Waals surface area contributed by atoms with Gasteiger partial charge in [-0.05, 0) is 18.6 Å². The van der Waals surface area contributed by atoms with Crippen molar-refractivity contribution in [2.75, 3.05) is 25.0 Å². The average Bonchev–Trinajstić information content (AvgIpc) is 2.17. The Kier molecular flexibility index (Phi) is 4.56. The molecule has 0 aliphatic carbocycles. The van der Waals surface area contributed by atoms with E-state index in [1.807, 2.05) is 12.3 Å². The summed E-state index contributed by atoms with van der Waals surface area (Å²) in [7, 11) is 2.08. The molecule has 0 saturated heterocycles. The average molecular weight is 207 g/mol. The molecule has 0 bridgehead atoms. The lowest BCUT2D eigenvalue weighted by atomic mass is 10.3. The Morgan fingerprint density at radius 3 is 2.80 bits per heavy atom. The molecule has 1 aromatic rings. The third-order valence-electron chi connectivity index (χ3n) is 2.34. The van der Waals surface area contributed by atoms with Crippen molar-refractivity contribution in [3.8, 4) is 0 Å². The molecule has 0 aliphatic heterocycles. The van der Waals surface area contributed by atoms with Crippen LogP contribution in [0.2, 0.25) is 0 Å². The SMILES string of the molecule is Cc1cccnc1N(C)CCNC(C)C. The number of nitrogens with zero attached hydrogens (tertiary/aromatic N) is 2. The van der Waals surface area contributed by atoms with Gasteiger partial charge in [0.25, 0.3) is 0 Å².